The van der Waals surface area contributed by atoms with E-state index in [2.05, 4.69) is 4.74 Å². The van der Waals surface area contributed by atoms with Crippen LogP contribution in [0.1, 0.15) is 22.8 Å². The molecule has 0 aliphatic carbocycles. The molecule has 1 aromatic carbocycles. The normalized spacial score (nSPS) is 24.3. The molecule has 0 radical (unpaired) electrons. The van der Waals surface area contributed by atoms with Gasteiger partial charge in [0.05, 0.1) is 11.1 Å². The molecule has 0 aromatic heterocycles. The monoisotopic (exact) mass is 194 g/mol. The van der Waals surface area contributed by atoms with E-state index in [1.807, 2.05) is 0 Å². The second kappa shape index (κ2) is 2.64. The number of fused-ring (bicyclic) bond motifs is 1. The van der Waals surface area contributed by atoms with Crippen molar-refractivity contribution in [2.75, 3.05) is 0 Å². The Bertz CT molecular complexity index is 427. The fourth-order valence-electron chi connectivity index (χ4n) is 1.44. The smallest absolute Gasteiger partial charge is 0.342 e. The third kappa shape index (κ3) is 0.968. The molecule has 1 aliphatic rings. The first-order valence-electron chi connectivity index (χ1n) is 4.08. The Morgan fingerprint density at radius 3 is 2.71 bits per heavy atom. The van der Waals surface area contributed by atoms with Gasteiger partial charge in [0.25, 0.3) is 0 Å². The number of benzene rings is 1. The molecule has 14 heavy (non-hydrogen) atoms. The summed E-state index contributed by atoms with van der Waals surface area (Å²) < 4.78 is 18.3. The van der Waals surface area contributed by atoms with Crippen LogP contribution < -0.4 is 0 Å². The van der Waals surface area contributed by atoms with Crippen LogP contribution in [-0.4, -0.2) is 11.8 Å². The van der Waals surface area contributed by atoms with Crippen LogP contribution in [0.3, 0.4) is 0 Å². The Labute approximate surface area is 79.5 Å². The molecule has 0 N–H and O–H groups in total. The van der Waals surface area contributed by atoms with Crippen molar-refractivity contribution in [3.05, 3.63) is 35.4 Å². The van der Waals surface area contributed by atoms with Crippen molar-refractivity contribution in [2.45, 2.75) is 12.8 Å². The fourth-order valence-corrected chi connectivity index (χ4v) is 1.44. The van der Waals surface area contributed by atoms with Crippen LogP contribution in [0.5, 0.6) is 0 Å². The van der Waals surface area contributed by atoms with Crippen molar-refractivity contribution in [3.63, 3.8) is 0 Å². The Balaban J connectivity index is 2.65. The van der Waals surface area contributed by atoms with E-state index < -0.39 is 17.6 Å². The average Bonchev–Trinajstić information content (AvgIpc) is 2.42. The van der Waals surface area contributed by atoms with Gasteiger partial charge in [0.15, 0.2) is 0 Å². The Morgan fingerprint density at radius 1 is 1.43 bits per heavy atom. The maximum atomic E-state index is 13.9. The van der Waals surface area contributed by atoms with E-state index in [0.29, 0.717) is 0 Å². The largest absolute Gasteiger partial charge is 0.413 e. The maximum absolute atomic E-state index is 13.9. The topological polar surface area (TPSA) is 43.4 Å². The van der Waals surface area contributed by atoms with Crippen molar-refractivity contribution in [1.82, 2.24) is 0 Å². The molecule has 0 amide bonds. The van der Waals surface area contributed by atoms with Crippen molar-refractivity contribution in [1.29, 1.82) is 0 Å². The number of ketones is 1. The standard InChI is InChI=1S/C10H7FO3/c1-6(12)10(11)8-5-3-2-4-7(8)9(13)14-10/h2-5H,1H3. The molecule has 1 unspecified atom stereocenters. The lowest BCUT2D eigenvalue weighted by atomic mass is 10.0. The van der Waals surface area contributed by atoms with Crippen molar-refractivity contribution in [3.8, 4) is 0 Å². The molecular weight excluding hydrogens is 187 g/mol. The number of carbonyl (C=O) groups is 2. The first-order chi connectivity index (χ1) is 6.55. The van der Waals surface area contributed by atoms with Crippen LogP contribution in [0.25, 0.3) is 0 Å². The number of rotatable bonds is 1. The van der Waals surface area contributed by atoms with Crippen LogP contribution in [-0.2, 0) is 15.4 Å². The second-order valence-corrected chi connectivity index (χ2v) is 3.09. The van der Waals surface area contributed by atoms with Gasteiger partial charge in [-0.3, -0.25) is 4.79 Å². The minimum atomic E-state index is -2.59. The maximum Gasteiger partial charge on any atom is 0.342 e. The van der Waals surface area contributed by atoms with Gasteiger partial charge in [0.1, 0.15) is 0 Å². The van der Waals surface area contributed by atoms with Crippen LogP contribution >= 0.6 is 0 Å². The molecule has 4 heteroatoms. The van der Waals surface area contributed by atoms with Crippen molar-refractivity contribution < 1.29 is 18.7 Å². The lowest BCUT2D eigenvalue weighted by molar-refractivity contribution is -0.156. The zero-order chi connectivity index (χ0) is 10.3. The van der Waals surface area contributed by atoms with Gasteiger partial charge < -0.3 is 4.74 Å². The molecule has 1 aromatic rings. The quantitative estimate of drug-likeness (QED) is 0.637. The number of Topliss-reactive ketones (excluding diaryl/α,β-unsaturated/α-hetero) is 1. The summed E-state index contributed by atoms with van der Waals surface area (Å²) in [5, 5.41) is 0. The molecular formula is C10H7FO3. The third-order valence-electron chi connectivity index (χ3n) is 2.18. The van der Waals surface area contributed by atoms with Crippen molar-refractivity contribution >= 4 is 11.8 Å². The van der Waals surface area contributed by atoms with E-state index in [0.717, 1.165) is 6.92 Å². The average molecular weight is 194 g/mol. The molecule has 72 valence electrons. The minimum Gasteiger partial charge on any atom is -0.413 e. The van der Waals surface area contributed by atoms with Gasteiger partial charge in [-0.25, -0.2) is 4.79 Å². The number of ether oxygens (including phenoxy) is 1. The van der Waals surface area contributed by atoms with E-state index in [1.54, 1.807) is 12.1 Å². The number of cyclic esters (lactones) is 1. The predicted molar refractivity (Wildman–Crippen MR) is 45.3 cm³/mol. The van der Waals surface area contributed by atoms with Crippen LogP contribution in [0, 0.1) is 0 Å². The van der Waals surface area contributed by atoms with E-state index in [1.165, 1.54) is 12.1 Å². The van der Waals surface area contributed by atoms with Gasteiger partial charge >= 0.3 is 11.8 Å². The molecule has 0 spiro atoms. The zero-order valence-electron chi connectivity index (χ0n) is 7.41. The highest BCUT2D eigenvalue weighted by Crippen LogP contribution is 2.38. The number of carbonyl (C=O) groups excluding carboxylic acids is 2. The Hall–Kier alpha value is -1.71. The number of alkyl halides is 1. The van der Waals surface area contributed by atoms with Gasteiger partial charge in [-0.1, -0.05) is 18.2 Å². The molecule has 1 atom stereocenters. The highest BCUT2D eigenvalue weighted by molar-refractivity contribution is 6.01. The number of halogens is 1. The number of esters is 1. The molecule has 0 fully saturated rings. The lowest BCUT2D eigenvalue weighted by Gasteiger charge is -2.14. The van der Waals surface area contributed by atoms with Gasteiger partial charge in [-0.15, -0.1) is 0 Å². The predicted octanol–water partition coefficient (Wildman–Crippen LogP) is 1.57. The first kappa shape index (κ1) is 8.87. The summed E-state index contributed by atoms with van der Waals surface area (Å²) in [6.07, 6.45) is 0. The van der Waals surface area contributed by atoms with Gasteiger partial charge in [0, 0.05) is 6.92 Å². The molecule has 0 saturated heterocycles. The molecule has 3 nitrogen and oxygen atoms in total. The highest BCUT2D eigenvalue weighted by atomic mass is 19.2. The summed E-state index contributed by atoms with van der Waals surface area (Å²) in [6.45, 7) is 1.05. The fraction of sp³-hybridized carbons (Fsp3) is 0.200. The lowest BCUT2D eigenvalue weighted by Crippen LogP contribution is -2.28. The third-order valence-corrected chi connectivity index (χ3v) is 2.18. The summed E-state index contributed by atoms with van der Waals surface area (Å²) >= 11 is 0. The number of hydrogen-bond acceptors (Lipinski definition) is 3. The van der Waals surface area contributed by atoms with Crippen LogP contribution in [0.15, 0.2) is 24.3 Å². The first-order valence-corrected chi connectivity index (χ1v) is 4.08. The van der Waals surface area contributed by atoms with Crippen molar-refractivity contribution in [2.24, 2.45) is 0 Å². The molecule has 0 saturated carbocycles. The summed E-state index contributed by atoms with van der Waals surface area (Å²) in [4.78, 5) is 22.2. The van der Waals surface area contributed by atoms with E-state index >= 15 is 0 Å². The van der Waals surface area contributed by atoms with E-state index in [9.17, 15) is 14.0 Å². The van der Waals surface area contributed by atoms with Crippen LogP contribution in [0.4, 0.5) is 4.39 Å². The molecule has 1 aliphatic heterocycles. The summed E-state index contributed by atoms with van der Waals surface area (Å²) in [5.74, 6) is -4.21. The highest BCUT2D eigenvalue weighted by Gasteiger charge is 2.50. The Kier molecular flexibility index (Phi) is 1.67. The molecule has 2 rings (SSSR count). The number of hydrogen-bond donors (Lipinski definition) is 0. The second-order valence-electron chi connectivity index (χ2n) is 3.09. The van der Waals surface area contributed by atoms with Gasteiger partial charge in [-0.2, -0.15) is 4.39 Å². The molecule has 1 heterocycles. The summed E-state index contributed by atoms with van der Waals surface area (Å²) in [7, 11) is 0. The van der Waals surface area contributed by atoms with Crippen LogP contribution in [0.2, 0.25) is 0 Å². The SMILES string of the molecule is CC(=O)C1(F)OC(=O)c2ccccc21. The van der Waals surface area contributed by atoms with E-state index in [4.69, 9.17) is 0 Å². The minimum absolute atomic E-state index is 0.00231. The molecule has 0 bridgehead atoms. The Morgan fingerprint density at radius 2 is 2.07 bits per heavy atom. The van der Waals surface area contributed by atoms with Gasteiger partial charge in [-0.05, 0) is 6.07 Å². The van der Waals surface area contributed by atoms with Gasteiger partial charge in [0.2, 0.25) is 5.78 Å². The van der Waals surface area contributed by atoms with E-state index in [-0.39, 0.29) is 11.1 Å². The summed E-state index contributed by atoms with van der Waals surface area (Å²) in [5.41, 5.74) is 0.114. The summed E-state index contributed by atoms with van der Waals surface area (Å²) in [6, 6.07) is 5.95. The zero-order valence-corrected chi connectivity index (χ0v) is 7.41.